The SMILES string of the molecule is Cc1nc(C(=O)NC2CCCCCC2N)cs1. The lowest BCUT2D eigenvalue weighted by molar-refractivity contribution is 0.0924. The van der Waals surface area contributed by atoms with Crippen molar-refractivity contribution >= 4 is 17.2 Å². The third-order valence-electron chi connectivity index (χ3n) is 3.24. The molecule has 0 aliphatic heterocycles. The van der Waals surface area contributed by atoms with E-state index in [4.69, 9.17) is 5.73 Å². The molecule has 0 radical (unpaired) electrons. The lowest BCUT2D eigenvalue weighted by Crippen LogP contribution is -2.47. The molecule has 17 heavy (non-hydrogen) atoms. The molecule has 1 aromatic rings. The molecule has 1 aliphatic carbocycles. The van der Waals surface area contributed by atoms with Gasteiger partial charge in [-0.1, -0.05) is 19.3 Å². The number of thiazole rings is 1. The van der Waals surface area contributed by atoms with Crippen LogP contribution in [0.25, 0.3) is 0 Å². The first kappa shape index (κ1) is 12.5. The molecule has 5 heteroatoms. The number of carbonyl (C=O) groups is 1. The summed E-state index contributed by atoms with van der Waals surface area (Å²) < 4.78 is 0. The van der Waals surface area contributed by atoms with Gasteiger partial charge in [0.05, 0.1) is 5.01 Å². The number of nitrogens with two attached hydrogens (primary N) is 1. The van der Waals surface area contributed by atoms with E-state index in [1.165, 1.54) is 24.2 Å². The second-order valence-corrected chi connectivity index (χ2v) is 5.70. The molecule has 1 aliphatic rings. The van der Waals surface area contributed by atoms with Gasteiger partial charge in [0.2, 0.25) is 0 Å². The van der Waals surface area contributed by atoms with Crippen LogP contribution in [0.4, 0.5) is 0 Å². The van der Waals surface area contributed by atoms with Crippen LogP contribution < -0.4 is 11.1 Å². The van der Waals surface area contributed by atoms with Crippen molar-refractivity contribution in [2.24, 2.45) is 5.73 Å². The molecular weight excluding hydrogens is 234 g/mol. The standard InChI is InChI=1S/C12H19N3OS/c1-8-14-11(7-17-8)12(16)15-10-6-4-2-3-5-9(10)13/h7,9-10H,2-6,13H2,1H3,(H,15,16). The molecule has 4 nitrogen and oxygen atoms in total. The molecule has 2 atom stereocenters. The average Bonchev–Trinajstić information content (AvgIpc) is 2.63. The second-order valence-electron chi connectivity index (χ2n) is 4.63. The molecule has 2 unspecified atom stereocenters. The fourth-order valence-electron chi connectivity index (χ4n) is 2.23. The summed E-state index contributed by atoms with van der Waals surface area (Å²) in [6, 6.07) is 0.188. The number of nitrogens with one attached hydrogen (secondary N) is 1. The Morgan fingerprint density at radius 1 is 1.47 bits per heavy atom. The predicted molar refractivity (Wildman–Crippen MR) is 69.2 cm³/mol. The summed E-state index contributed by atoms with van der Waals surface area (Å²) in [6.07, 6.45) is 5.52. The van der Waals surface area contributed by atoms with Crippen LogP contribution in [0.5, 0.6) is 0 Å². The maximum absolute atomic E-state index is 12.0. The van der Waals surface area contributed by atoms with E-state index in [9.17, 15) is 4.79 Å². The number of aryl methyl sites for hydroxylation is 1. The van der Waals surface area contributed by atoms with Crippen LogP contribution in [0, 0.1) is 6.92 Å². The number of carbonyl (C=O) groups excluding carboxylic acids is 1. The van der Waals surface area contributed by atoms with Crippen LogP contribution >= 0.6 is 11.3 Å². The van der Waals surface area contributed by atoms with Crippen molar-refractivity contribution in [1.82, 2.24) is 10.3 Å². The Bertz CT molecular complexity index is 391. The zero-order chi connectivity index (χ0) is 12.3. The maximum Gasteiger partial charge on any atom is 0.271 e. The van der Waals surface area contributed by atoms with Crippen LogP contribution in [0.1, 0.15) is 47.6 Å². The largest absolute Gasteiger partial charge is 0.346 e. The lowest BCUT2D eigenvalue weighted by atomic mass is 10.0. The Morgan fingerprint density at radius 2 is 2.24 bits per heavy atom. The third-order valence-corrected chi connectivity index (χ3v) is 4.01. The van der Waals surface area contributed by atoms with Crippen molar-refractivity contribution in [1.29, 1.82) is 0 Å². The fourth-order valence-corrected chi connectivity index (χ4v) is 2.82. The second kappa shape index (κ2) is 5.60. The highest BCUT2D eigenvalue weighted by Crippen LogP contribution is 2.17. The summed E-state index contributed by atoms with van der Waals surface area (Å²) in [5.41, 5.74) is 6.60. The van der Waals surface area contributed by atoms with Gasteiger partial charge in [-0.05, 0) is 19.8 Å². The van der Waals surface area contributed by atoms with Gasteiger partial charge in [-0.2, -0.15) is 0 Å². The van der Waals surface area contributed by atoms with Crippen LogP contribution in [-0.2, 0) is 0 Å². The Balaban J connectivity index is 1.97. The van der Waals surface area contributed by atoms with E-state index in [1.807, 2.05) is 6.92 Å². The van der Waals surface area contributed by atoms with Crippen LogP contribution in [-0.4, -0.2) is 23.0 Å². The fraction of sp³-hybridized carbons (Fsp3) is 0.667. The quantitative estimate of drug-likeness (QED) is 0.790. The highest BCUT2D eigenvalue weighted by molar-refractivity contribution is 7.09. The minimum atomic E-state index is -0.0864. The Kier molecular flexibility index (Phi) is 4.12. The van der Waals surface area contributed by atoms with Gasteiger partial charge in [-0.3, -0.25) is 4.79 Å². The molecule has 1 aromatic heterocycles. The summed E-state index contributed by atoms with van der Waals surface area (Å²) in [5.74, 6) is -0.0864. The van der Waals surface area contributed by atoms with Gasteiger partial charge in [-0.15, -0.1) is 11.3 Å². The highest BCUT2D eigenvalue weighted by atomic mass is 32.1. The average molecular weight is 253 g/mol. The first-order valence-corrected chi connectivity index (χ1v) is 7.03. The number of nitrogens with zero attached hydrogens (tertiary/aromatic N) is 1. The van der Waals surface area contributed by atoms with E-state index in [0.29, 0.717) is 5.69 Å². The Morgan fingerprint density at radius 3 is 2.94 bits per heavy atom. The minimum Gasteiger partial charge on any atom is -0.346 e. The molecule has 94 valence electrons. The summed E-state index contributed by atoms with van der Waals surface area (Å²) in [5, 5.41) is 5.73. The lowest BCUT2D eigenvalue weighted by Gasteiger charge is -2.22. The molecule has 3 N–H and O–H groups in total. The van der Waals surface area contributed by atoms with E-state index < -0.39 is 0 Å². The van der Waals surface area contributed by atoms with Gasteiger partial charge in [-0.25, -0.2) is 4.98 Å². The van der Waals surface area contributed by atoms with Gasteiger partial charge in [0.25, 0.3) is 5.91 Å². The highest BCUT2D eigenvalue weighted by Gasteiger charge is 2.23. The summed E-state index contributed by atoms with van der Waals surface area (Å²) in [4.78, 5) is 16.2. The van der Waals surface area contributed by atoms with E-state index in [0.717, 1.165) is 24.3 Å². The van der Waals surface area contributed by atoms with Gasteiger partial charge in [0.1, 0.15) is 5.69 Å². The summed E-state index contributed by atoms with van der Waals surface area (Å²) in [6.45, 7) is 1.90. The van der Waals surface area contributed by atoms with Crippen LogP contribution in [0.15, 0.2) is 5.38 Å². The topological polar surface area (TPSA) is 68.0 Å². The first-order valence-electron chi connectivity index (χ1n) is 6.15. The first-order chi connectivity index (χ1) is 8.16. The van der Waals surface area contributed by atoms with E-state index in [1.54, 1.807) is 5.38 Å². The molecule has 0 saturated heterocycles. The Labute approximate surface area is 106 Å². The predicted octanol–water partition coefficient (Wildman–Crippen LogP) is 1.84. The molecular formula is C12H19N3OS. The molecule has 0 spiro atoms. The maximum atomic E-state index is 12.0. The number of aromatic nitrogens is 1. The summed E-state index contributed by atoms with van der Waals surface area (Å²) >= 11 is 1.50. The number of hydrogen-bond donors (Lipinski definition) is 2. The monoisotopic (exact) mass is 253 g/mol. The molecule has 1 heterocycles. The molecule has 0 aromatic carbocycles. The van der Waals surface area contributed by atoms with E-state index in [2.05, 4.69) is 10.3 Å². The molecule has 2 rings (SSSR count). The number of rotatable bonds is 2. The van der Waals surface area contributed by atoms with Gasteiger partial charge >= 0.3 is 0 Å². The van der Waals surface area contributed by atoms with Crippen molar-refractivity contribution in [3.63, 3.8) is 0 Å². The van der Waals surface area contributed by atoms with E-state index in [-0.39, 0.29) is 18.0 Å². The minimum absolute atomic E-state index is 0.0844. The van der Waals surface area contributed by atoms with Crippen LogP contribution in [0.2, 0.25) is 0 Å². The van der Waals surface area contributed by atoms with E-state index >= 15 is 0 Å². The van der Waals surface area contributed by atoms with Gasteiger partial charge in [0, 0.05) is 17.5 Å². The zero-order valence-corrected chi connectivity index (χ0v) is 10.9. The van der Waals surface area contributed by atoms with Crippen molar-refractivity contribution in [3.05, 3.63) is 16.1 Å². The Hall–Kier alpha value is -0.940. The van der Waals surface area contributed by atoms with Crippen molar-refractivity contribution in [2.45, 2.75) is 51.1 Å². The van der Waals surface area contributed by atoms with Crippen molar-refractivity contribution in [3.8, 4) is 0 Å². The summed E-state index contributed by atoms with van der Waals surface area (Å²) in [7, 11) is 0. The van der Waals surface area contributed by atoms with Gasteiger partial charge in [0.15, 0.2) is 0 Å². The number of hydrogen-bond acceptors (Lipinski definition) is 4. The molecule has 0 bridgehead atoms. The molecule has 1 saturated carbocycles. The smallest absolute Gasteiger partial charge is 0.271 e. The zero-order valence-electron chi connectivity index (χ0n) is 10.1. The third kappa shape index (κ3) is 3.26. The van der Waals surface area contributed by atoms with Crippen LogP contribution in [0.3, 0.4) is 0 Å². The van der Waals surface area contributed by atoms with Crippen molar-refractivity contribution < 1.29 is 4.79 Å². The van der Waals surface area contributed by atoms with Gasteiger partial charge < -0.3 is 11.1 Å². The molecule has 1 amide bonds. The normalized spacial score (nSPS) is 25.3. The number of amides is 1. The van der Waals surface area contributed by atoms with Crippen molar-refractivity contribution in [2.75, 3.05) is 0 Å². The molecule has 1 fully saturated rings.